The SMILES string of the molecule is CCOc1ccc(NC(=O)Cc2nnc(SCC(=O)Nc3cc(C)cc(C)c3)n2CC)cc1. The zero-order valence-corrected chi connectivity index (χ0v) is 20.2. The Hall–Kier alpha value is -3.33. The molecule has 2 amide bonds. The molecule has 1 heterocycles. The average molecular weight is 468 g/mol. The molecular formula is C24H29N5O3S. The van der Waals surface area contributed by atoms with Crippen molar-refractivity contribution in [3.8, 4) is 5.75 Å². The summed E-state index contributed by atoms with van der Waals surface area (Å²) >= 11 is 1.30. The van der Waals surface area contributed by atoms with Crippen LogP contribution in [0.3, 0.4) is 0 Å². The molecule has 2 N–H and O–H groups in total. The number of ether oxygens (including phenoxy) is 1. The van der Waals surface area contributed by atoms with Crippen molar-refractivity contribution in [1.82, 2.24) is 14.8 Å². The number of aryl methyl sites for hydroxylation is 2. The highest BCUT2D eigenvalue weighted by Crippen LogP contribution is 2.20. The second-order valence-electron chi connectivity index (χ2n) is 7.54. The van der Waals surface area contributed by atoms with Gasteiger partial charge in [0.15, 0.2) is 5.16 Å². The van der Waals surface area contributed by atoms with Crippen molar-refractivity contribution in [2.75, 3.05) is 23.0 Å². The van der Waals surface area contributed by atoms with Crippen LogP contribution in [0.4, 0.5) is 11.4 Å². The fourth-order valence-electron chi connectivity index (χ4n) is 3.40. The summed E-state index contributed by atoms with van der Waals surface area (Å²) in [5.74, 6) is 1.20. The molecule has 9 heteroatoms. The van der Waals surface area contributed by atoms with Gasteiger partial charge in [-0.15, -0.1) is 10.2 Å². The summed E-state index contributed by atoms with van der Waals surface area (Å²) in [4.78, 5) is 24.9. The van der Waals surface area contributed by atoms with Gasteiger partial charge in [-0.05, 0) is 75.2 Å². The fraction of sp³-hybridized carbons (Fsp3) is 0.333. The van der Waals surface area contributed by atoms with E-state index < -0.39 is 0 Å². The number of benzene rings is 2. The van der Waals surface area contributed by atoms with Crippen LogP contribution >= 0.6 is 11.8 Å². The molecule has 174 valence electrons. The first kappa shape index (κ1) is 24.3. The predicted molar refractivity (Wildman–Crippen MR) is 131 cm³/mol. The number of anilines is 2. The van der Waals surface area contributed by atoms with Crippen molar-refractivity contribution < 1.29 is 14.3 Å². The molecular weight excluding hydrogens is 438 g/mol. The van der Waals surface area contributed by atoms with Crippen LogP contribution in [0.5, 0.6) is 5.75 Å². The normalized spacial score (nSPS) is 10.7. The molecule has 8 nitrogen and oxygen atoms in total. The first-order valence-corrected chi connectivity index (χ1v) is 11.8. The second-order valence-corrected chi connectivity index (χ2v) is 8.48. The predicted octanol–water partition coefficient (Wildman–Crippen LogP) is 4.23. The lowest BCUT2D eigenvalue weighted by atomic mass is 10.1. The Kier molecular flexibility index (Phi) is 8.48. The summed E-state index contributed by atoms with van der Waals surface area (Å²) in [5, 5.41) is 14.7. The number of nitrogens with zero attached hydrogens (tertiary/aromatic N) is 3. The molecule has 0 atom stereocenters. The molecule has 3 aromatic rings. The molecule has 2 aromatic carbocycles. The lowest BCUT2D eigenvalue weighted by molar-refractivity contribution is -0.116. The van der Waals surface area contributed by atoms with Gasteiger partial charge in [0.2, 0.25) is 11.8 Å². The molecule has 1 aromatic heterocycles. The number of aromatic nitrogens is 3. The number of nitrogens with one attached hydrogen (secondary N) is 2. The van der Waals surface area contributed by atoms with E-state index in [1.807, 2.05) is 56.5 Å². The van der Waals surface area contributed by atoms with Crippen molar-refractivity contribution in [2.45, 2.75) is 45.8 Å². The summed E-state index contributed by atoms with van der Waals surface area (Å²) in [6, 6.07) is 13.1. The van der Waals surface area contributed by atoms with Gasteiger partial charge in [-0.3, -0.25) is 9.59 Å². The van der Waals surface area contributed by atoms with Crippen LogP contribution in [0.2, 0.25) is 0 Å². The van der Waals surface area contributed by atoms with Crippen LogP contribution in [0.1, 0.15) is 30.8 Å². The molecule has 0 unspecified atom stereocenters. The summed E-state index contributed by atoms with van der Waals surface area (Å²) in [6.45, 7) is 9.05. The van der Waals surface area contributed by atoms with Gasteiger partial charge in [-0.2, -0.15) is 0 Å². The van der Waals surface area contributed by atoms with Gasteiger partial charge in [-0.1, -0.05) is 17.8 Å². The molecule has 0 radical (unpaired) electrons. The van der Waals surface area contributed by atoms with E-state index in [1.54, 1.807) is 12.1 Å². The molecule has 33 heavy (non-hydrogen) atoms. The van der Waals surface area contributed by atoms with E-state index in [1.165, 1.54) is 11.8 Å². The van der Waals surface area contributed by atoms with E-state index in [0.717, 1.165) is 22.6 Å². The van der Waals surface area contributed by atoms with Gasteiger partial charge in [0.25, 0.3) is 0 Å². The third kappa shape index (κ3) is 7.08. The van der Waals surface area contributed by atoms with Gasteiger partial charge >= 0.3 is 0 Å². The molecule has 0 aliphatic heterocycles. The van der Waals surface area contributed by atoms with Gasteiger partial charge in [-0.25, -0.2) is 0 Å². The highest BCUT2D eigenvalue weighted by Gasteiger charge is 2.16. The summed E-state index contributed by atoms with van der Waals surface area (Å²) < 4.78 is 7.27. The lowest BCUT2D eigenvalue weighted by Gasteiger charge is -2.09. The van der Waals surface area contributed by atoms with E-state index in [0.29, 0.717) is 29.8 Å². The van der Waals surface area contributed by atoms with Crippen LogP contribution in [0.25, 0.3) is 0 Å². The Bertz CT molecular complexity index is 1090. The Morgan fingerprint density at radius 1 is 0.939 bits per heavy atom. The zero-order valence-electron chi connectivity index (χ0n) is 19.3. The monoisotopic (exact) mass is 467 g/mol. The smallest absolute Gasteiger partial charge is 0.234 e. The maximum atomic E-state index is 12.5. The topological polar surface area (TPSA) is 98.1 Å². The van der Waals surface area contributed by atoms with E-state index >= 15 is 0 Å². The quantitative estimate of drug-likeness (QED) is 0.433. The van der Waals surface area contributed by atoms with E-state index in [4.69, 9.17) is 4.74 Å². The molecule has 0 spiro atoms. The average Bonchev–Trinajstić information content (AvgIpc) is 3.14. The number of thioether (sulfide) groups is 1. The molecule has 0 saturated heterocycles. The van der Waals surface area contributed by atoms with Gasteiger partial charge < -0.3 is 19.9 Å². The van der Waals surface area contributed by atoms with Gasteiger partial charge in [0.1, 0.15) is 11.6 Å². The third-order valence-electron chi connectivity index (χ3n) is 4.72. The largest absolute Gasteiger partial charge is 0.494 e. The van der Waals surface area contributed by atoms with E-state index in [-0.39, 0.29) is 24.0 Å². The highest BCUT2D eigenvalue weighted by molar-refractivity contribution is 7.99. The minimum Gasteiger partial charge on any atom is -0.494 e. The van der Waals surface area contributed by atoms with Gasteiger partial charge in [0.05, 0.1) is 18.8 Å². The molecule has 3 rings (SSSR count). The van der Waals surface area contributed by atoms with Crippen LogP contribution in [0.15, 0.2) is 47.6 Å². The number of carbonyl (C=O) groups excluding carboxylic acids is 2. The Morgan fingerprint density at radius 2 is 1.61 bits per heavy atom. The number of rotatable bonds is 10. The Morgan fingerprint density at radius 3 is 2.24 bits per heavy atom. The summed E-state index contributed by atoms with van der Waals surface area (Å²) in [5.41, 5.74) is 3.65. The number of carbonyl (C=O) groups is 2. The Labute approximate surface area is 198 Å². The van der Waals surface area contributed by atoms with Crippen LogP contribution in [-0.4, -0.2) is 38.9 Å². The Balaban J connectivity index is 1.56. The molecule has 0 saturated carbocycles. The highest BCUT2D eigenvalue weighted by atomic mass is 32.2. The molecule has 0 fully saturated rings. The van der Waals surface area contributed by atoms with Gasteiger partial charge in [0, 0.05) is 17.9 Å². The lowest BCUT2D eigenvalue weighted by Crippen LogP contribution is -2.18. The number of hydrogen-bond acceptors (Lipinski definition) is 6. The summed E-state index contributed by atoms with van der Waals surface area (Å²) in [6.07, 6.45) is 0.0867. The number of amides is 2. The minimum atomic E-state index is -0.189. The van der Waals surface area contributed by atoms with Crippen molar-refractivity contribution in [2.24, 2.45) is 0 Å². The maximum Gasteiger partial charge on any atom is 0.234 e. The zero-order chi connectivity index (χ0) is 23.8. The summed E-state index contributed by atoms with van der Waals surface area (Å²) in [7, 11) is 0. The van der Waals surface area contributed by atoms with Crippen molar-refractivity contribution in [1.29, 1.82) is 0 Å². The molecule has 0 aliphatic rings. The number of hydrogen-bond donors (Lipinski definition) is 2. The first-order chi connectivity index (χ1) is 15.9. The van der Waals surface area contributed by atoms with Crippen molar-refractivity contribution in [3.63, 3.8) is 0 Å². The molecule has 0 aliphatic carbocycles. The molecule has 0 bridgehead atoms. The minimum absolute atomic E-state index is 0.0867. The first-order valence-electron chi connectivity index (χ1n) is 10.8. The van der Waals surface area contributed by atoms with Crippen molar-refractivity contribution >= 4 is 35.0 Å². The van der Waals surface area contributed by atoms with Crippen molar-refractivity contribution in [3.05, 3.63) is 59.4 Å². The second kappa shape index (κ2) is 11.5. The standard InChI is InChI=1S/C24H29N5O3S/c1-5-29-21(14-22(30)25-18-7-9-20(10-8-18)32-6-2)27-28-24(29)33-15-23(31)26-19-12-16(3)11-17(4)13-19/h7-13H,5-6,14-15H2,1-4H3,(H,25,30)(H,26,31). The van der Waals surface area contributed by atoms with E-state index in [2.05, 4.69) is 26.9 Å². The third-order valence-corrected chi connectivity index (χ3v) is 5.68. The fourth-order valence-corrected chi connectivity index (χ4v) is 4.22. The van der Waals surface area contributed by atoms with E-state index in [9.17, 15) is 9.59 Å². The van der Waals surface area contributed by atoms with Crippen LogP contribution in [-0.2, 0) is 22.6 Å². The maximum absolute atomic E-state index is 12.5. The van der Waals surface area contributed by atoms with Crippen LogP contribution in [0, 0.1) is 13.8 Å². The van der Waals surface area contributed by atoms with Crippen LogP contribution < -0.4 is 15.4 Å².